The molecule has 4 nitrogen and oxygen atoms in total. The van der Waals surface area contributed by atoms with Gasteiger partial charge in [-0.25, -0.2) is 0 Å². The van der Waals surface area contributed by atoms with Crippen LogP contribution in [-0.2, 0) is 4.79 Å². The third kappa shape index (κ3) is 5.95. The molecule has 0 saturated heterocycles. The molecule has 0 atom stereocenters. The first-order valence-electron chi connectivity index (χ1n) is 8.95. The molecule has 0 unspecified atom stereocenters. The third-order valence-electron chi connectivity index (χ3n) is 4.13. The predicted octanol–water partition coefficient (Wildman–Crippen LogP) is 4.53. The van der Waals surface area contributed by atoms with Gasteiger partial charge in [0.05, 0.1) is 0 Å². The molecule has 1 N–H and O–H groups in total. The first-order valence-corrected chi connectivity index (χ1v) is 9.33. The topological polar surface area (TPSA) is 41.6 Å². The number of amides is 1. The highest BCUT2D eigenvalue weighted by molar-refractivity contribution is 6.30. The summed E-state index contributed by atoms with van der Waals surface area (Å²) >= 11 is 5.87. The van der Waals surface area contributed by atoms with Crippen LogP contribution in [0.25, 0.3) is 0 Å². The van der Waals surface area contributed by atoms with Crippen molar-refractivity contribution in [3.63, 3.8) is 0 Å². The maximum atomic E-state index is 12.4. The zero-order valence-electron chi connectivity index (χ0n) is 15.7. The van der Waals surface area contributed by atoms with Crippen LogP contribution in [0.4, 0.5) is 5.69 Å². The van der Waals surface area contributed by atoms with Crippen molar-refractivity contribution in [2.45, 2.75) is 32.8 Å². The molecule has 0 spiro atoms. The summed E-state index contributed by atoms with van der Waals surface area (Å²) in [5.41, 5.74) is 0.255. The lowest BCUT2D eigenvalue weighted by molar-refractivity contribution is -0.134. The minimum absolute atomic E-state index is 0.129. The molecule has 2 aromatic rings. The minimum atomic E-state index is -0.947. The molecular weight excluding hydrogens is 348 g/mol. The van der Waals surface area contributed by atoms with Gasteiger partial charge in [-0.15, -0.1) is 0 Å². The van der Waals surface area contributed by atoms with E-state index < -0.39 is 5.60 Å². The quantitative estimate of drug-likeness (QED) is 0.655. The molecule has 1 amide bonds. The van der Waals surface area contributed by atoms with Crippen LogP contribution in [0.5, 0.6) is 5.75 Å². The summed E-state index contributed by atoms with van der Waals surface area (Å²) in [6.07, 6.45) is 0.867. The molecule has 2 rings (SSSR count). The molecule has 0 fully saturated rings. The van der Waals surface area contributed by atoms with Crippen molar-refractivity contribution >= 4 is 23.2 Å². The van der Waals surface area contributed by atoms with Crippen LogP contribution < -0.4 is 15.0 Å². The summed E-state index contributed by atoms with van der Waals surface area (Å²) in [5, 5.41) is 3.61. The number of carbonyl (C=O) groups excluding carboxylic acids is 1. The van der Waals surface area contributed by atoms with Crippen LogP contribution in [0.15, 0.2) is 54.6 Å². The lowest BCUT2D eigenvalue weighted by Crippen LogP contribution is -2.47. The second-order valence-electron chi connectivity index (χ2n) is 6.59. The van der Waals surface area contributed by atoms with Crippen molar-refractivity contribution in [3.05, 3.63) is 59.6 Å². The fourth-order valence-electron chi connectivity index (χ4n) is 2.64. The molecule has 140 valence electrons. The zero-order chi connectivity index (χ0) is 19.0. The molecule has 5 heteroatoms. The standard InChI is InChI=1S/C21H27ClN2O2/c1-4-24(18-9-6-5-7-10-18)16-8-15-23-20(25)21(2,3)26-19-13-11-17(22)12-14-19/h5-7,9-14H,4,8,15-16H2,1-3H3,(H,23,25). The maximum Gasteiger partial charge on any atom is 0.263 e. The van der Waals surface area contributed by atoms with E-state index in [4.69, 9.17) is 16.3 Å². The van der Waals surface area contributed by atoms with Crippen molar-refractivity contribution in [2.24, 2.45) is 0 Å². The van der Waals surface area contributed by atoms with Gasteiger partial charge in [-0.1, -0.05) is 29.8 Å². The number of halogens is 1. The highest BCUT2D eigenvalue weighted by Crippen LogP contribution is 2.21. The van der Waals surface area contributed by atoms with E-state index >= 15 is 0 Å². The van der Waals surface area contributed by atoms with E-state index in [-0.39, 0.29) is 5.91 Å². The molecule has 0 aliphatic carbocycles. The zero-order valence-corrected chi connectivity index (χ0v) is 16.4. The van der Waals surface area contributed by atoms with Crippen molar-refractivity contribution in [1.29, 1.82) is 0 Å². The predicted molar refractivity (Wildman–Crippen MR) is 108 cm³/mol. The smallest absolute Gasteiger partial charge is 0.263 e. The number of nitrogens with zero attached hydrogens (tertiary/aromatic N) is 1. The van der Waals surface area contributed by atoms with Gasteiger partial charge in [0, 0.05) is 30.3 Å². The summed E-state index contributed by atoms with van der Waals surface area (Å²) in [4.78, 5) is 14.7. The number of para-hydroxylation sites is 1. The van der Waals surface area contributed by atoms with Crippen molar-refractivity contribution in [2.75, 3.05) is 24.5 Å². The fourth-order valence-corrected chi connectivity index (χ4v) is 2.76. The van der Waals surface area contributed by atoms with Crippen LogP contribution >= 0.6 is 11.6 Å². The maximum absolute atomic E-state index is 12.4. The molecule has 0 saturated carbocycles. The summed E-state index contributed by atoms with van der Waals surface area (Å²) < 4.78 is 5.81. The highest BCUT2D eigenvalue weighted by Gasteiger charge is 2.29. The summed E-state index contributed by atoms with van der Waals surface area (Å²) in [6, 6.07) is 17.3. The number of nitrogens with one attached hydrogen (secondary N) is 1. The van der Waals surface area contributed by atoms with E-state index in [1.807, 2.05) is 18.2 Å². The van der Waals surface area contributed by atoms with Gasteiger partial charge in [-0.05, 0) is 63.6 Å². The fraction of sp³-hybridized carbons (Fsp3) is 0.381. The Morgan fingerprint density at radius 1 is 1.12 bits per heavy atom. The third-order valence-corrected chi connectivity index (χ3v) is 4.38. The van der Waals surface area contributed by atoms with Gasteiger partial charge in [0.15, 0.2) is 5.60 Å². The first kappa shape index (κ1) is 20.1. The molecule has 0 aliphatic rings. The van der Waals surface area contributed by atoms with Gasteiger partial charge < -0.3 is 15.0 Å². The highest BCUT2D eigenvalue weighted by atomic mass is 35.5. The molecule has 2 aromatic carbocycles. The van der Waals surface area contributed by atoms with Crippen molar-refractivity contribution < 1.29 is 9.53 Å². The summed E-state index contributed by atoms with van der Waals surface area (Å²) in [5.74, 6) is 0.492. The Morgan fingerprint density at radius 3 is 2.38 bits per heavy atom. The van der Waals surface area contributed by atoms with Gasteiger partial charge in [0.2, 0.25) is 0 Å². The minimum Gasteiger partial charge on any atom is -0.478 e. The van der Waals surface area contributed by atoms with Crippen LogP contribution in [0.3, 0.4) is 0 Å². The number of hydrogen-bond acceptors (Lipinski definition) is 3. The number of anilines is 1. The number of ether oxygens (including phenoxy) is 1. The van der Waals surface area contributed by atoms with E-state index in [9.17, 15) is 4.79 Å². The Morgan fingerprint density at radius 2 is 1.77 bits per heavy atom. The number of carbonyl (C=O) groups is 1. The van der Waals surface area contributed by atoms with Gasteiger partial charge in [-0.3, -0.25) is 4.79 Å². The molecule has 26 heavy (non-hydrogen) atoms. The van der Waals surface area contributed by atoms with Crippen LogP contribution in [0.2, 0.25) is 5.02 Å². The second-order valence-corrected chi connectivity index (χ2v) is 7.03. The first-order chi connectivity index (χ1) is 12.4. The largest absolute Gasteiger partial charge is 0.478 e. The van der Waals surface area contributed by atoms with Gasteiger partial charge in [0.1, 0.15) is 5.75 Å². The Bertz CT molecular complexity index is 687. The molecule has 0 aromatic heterocycles. The Hall–Kier alpha value is -2.20. The van der Waals surface area contributed by atoms with Crippen LogP contribution in [0.1, 0.15) is 27.2 Å². The van der Waals surface area contributed by atoms with E-state index in [0.717, 1.165) is 19.5 Å². The van der Waals surface area contributed by atoms with Crippen LogP contribution in [0, 0.1) is 0 Å². The SMILES string of the molecule is CCN(CCCNC(=O)C(C)(C)Oc1ccc(Cl)cc1)c1ccccc1. The Balaban J connectivity index is 1.79. The molecule has 0 radical (unpaired) electrons. The number of rotatable bonds is 9. The van der Waals surface area contributed by atoms with E-state index in [2.05, 4.69) is 29.3 Å². The average molecular weight is 375 g/mol. The van der Waals surface area contributed by atoms with Crippen LogP contribution in [-0.4, -0.2) is 31.1 Å². The molecule has 0 aliphatic heterocycles. The van der Waals surface area contributed by atoms with Crippen molar-refractivity contribution in [1.82, 2.24) is 5.32 Å². The summed E-state index contributed by atoms with van der Waals surface area (Å²) in [7, 11) is 0. The average Bonchev–Trinajstić information content (AvgIpc) is 2.64. The Kier molecular flexibility index (Phi) is 7.34. The lowest BCUT2D eigenvalue weighted by atomic mass is 10.1. The lowest BCUT2D eigenvalue weighted by Gasteiger charge is -2.26. The molecule has 0 bridgehead atoms. The second kappa shape index (κ2) is 9.48. The van der Waals surface area contributed by atoms with Gasteiger partial charge in [0.25, 0.3) is 5.91 Å². The van der Waals surface area contributed by atoms with E-state index in [1.165, 1.54) is 5.69 Å². The van der Waals surface area contributed by atoms with Gasteiger partial charge >= 0.3 is 0 Å². The van der Waals surface area contributed by atoms with Gasteiger partial charge in [-0.2, -0.15) is 0 Å². The molecular formula is C21H27ClN2O2. The Labute approximate surface area is 161 Å². The molecule has 0 heterocycles. The monoisotopic (exact) mass is 374 g/mol. The van der Waals surface area contributed by atoms with Crippen molar-refractivity contribution in [3.8, 4) is 5.75 Å². The number of hydrogen-bond donors (Lipinski definition) is 1. The summed E-state index contributed by atoms with van der Waals surface area (Å²) in [6.45, 7) is 8.09. The number of benzene rings is 2. The normalized spacial score (nSPS) is 11.1. The van der Waals surface area contributed by atoms with E-state index in [1.54, 1.807) is 38.1 Å². The van der Waals surface area contributed by atoms with E-state index in [0.29, 0.717) is 17.3 Å².